The van der Waals surface area contributed by atoms with Crippen molar-refractivity contribution >= 4 is 12.0 Å². The summed E-state index contributed by atoms with van der Waals surface area (Å²) < 4.78 is 0. The van der Waals surface area contributed by atoms with Crippen molar-refractivity contribution in [3.63, 3.8) is 0 Å². The lowest BCUT2D eigenvalue weighted by Gasteiger charge is -2.28. The number of aliphatic hydroxyl groups is 1. The first-order valence-corrected chi connectivity index (χ1v) is 6.27. The molecule has 1 saturated carbocycles. The summed E-state index contributed by atoms with van der Waals surface area (Å²) in [6, 6.07) is -1.45. The number of amides is 2. The zero-order chi connectivity index (χ0) is 13.8. The number of hydrogen-bond donors (Lipinski definition) is 4. The fourth-order valence-electron chi connectivity index (χ4n) is 2.34. The van der Waals surface area contributed by atoms with Crippen molar-refractivity contribution < 1.29 is 19.8 Å². The lowest BCUT2D eigenvalue weighted by molar-refractivity contribution is -0.139. The molecule has 2 unspecified atom stereocenters. The van der Waals surface area contributed by atoms with Crippen molar-refractivity contribution in [3.8, 4) is 0 Å². The molecule has 6 heteroatoms. The molecule has 0 aromatic rings. The quantitative estimate of drug-likeness (QED) is 0.583. The third kappa shape index (κ3) is 3.87. The topological polar surface area (TPSA) is 98.7 Å². The van der Waals surface area contributed by atoms with E-state index in [4.69, 9.17) is 10.2 Å². The Morgan fingerprint density at radius 1 is 1.44 bits per heavy atom. The molecule has 18 heavy (non-hydrogen) atoms. The van der Waals surface area contributed by atoms with Crippen molar-refractivity contribution in [3.05, 3.63) is 0 Å². The Morgan fingerprint density at radius 3 is 2.56 bits per heavy atom. The van der Waals surface area contributed by atoms with Crippen LogP contribution in [0.5, 0.6) is 0 Å². The van der Waals surface area contributed by atoms with Crippen molar-refractivity contribution in [2.75, 3.05) is 6.61 Å². The predicted octanol–water partition coefficient (Wildman–Crippen LogP) is 0.700. The highest BCUT2D eigenvalue weighted by molar-refractivity contribution is 5.82. The van der Waals surface area contributed by atoms with Crippen LogP contribution in [0.3, 0.4) is 0 Å². The van der Waals surface area contributed by atoms with Gasteiger partial charge in [-0.15, -0.1) is 0 Å². The number of aliphatic carboxylic acids is 1. The number of carboxylic acid groups (broad SMARTS) is 1. The summed E-state index contributed by atoms with van der Waals surface area (Å²) in [6.07, 6.45) is 3.04. The van der Waals surface area contributed by atoms with Crippen LogP contribution in [0.25, 0.3) is 0 Å². The second-order valence-electron chi connectivity index (χ2n) is 5.45. The molecule has 0 radical (unpaired) electrons. The van der Waals surface area contributed by atoms with Crippen LogP contribution in [0.2, 0.25) is 0 Å². The lowest BCUT2D eigenvalue weighted by Crippen LogP contribution is -2.51. The van der Waals surface area contributed by atoms with E-state index >= 15 is 0 Å². The summed E-state index contributed by atoms with van der Waals surface area (Å²) in [5, 5.41) is 22.8. The number of aliphatic hydroxyl groups excluding tert-OH is 1. The van der Waals surface area contributed by atoms with Crippen LogP contribution < -0.4 is 10.6 Å². The third-order valence-electron chi connectivity index (χ3n) is 3.58. The van der Waals surface area contributed by atoms with Crippen LogP contribution in [-0.2, 0) is 4.79 Å². The van der Waals surface area contributed by atoms with Crippen LogP contribution in [0.1, 0.15) is 39.5 Å². The highest BCUT2D eigenvalue weighted by Gasteiger charge is 2.35. The molecule has 6 nitrogen and oxygen atoms in total. The minimum Gasteiger partial charge on any atom is -0.480 e. The van der Waals surface area contributed by atoms with Crippen molar-refractivity contribution in [2.24, 2.45) is 5.41 Å². The minimum atomic E-state index is -1.13. The van der Waals surface area contributed by atoms with E-state index in [1.54, 1.807) is 0 Å². The fraction of sp³-hybridized carbons (Fsp3) is 0.833. The smallest absolute Gasteiger partial charge is 0.326 e. The molecule has 2 atom stereocenters. The van der Waals surface area contributed by atoms with Gasteiger partial charge in [0, 0.05) is 19.1 Å². The summed E-state index contributed by atoms with van der Waals surface area (Å²) in [5.41, 5.74) is 0.0486. The van der Waals surface area contributed by atoms with Crippen molar-refractivity contribution in [1.82, 2.24) is 10.6 Å². The molecule has 1 fully saturated rings. The highest BCUT2D eigenvalue weighted by Crippen LogP contribution is 2.37. The number of carboxylic acids is 1. The Balaban J connectivity index is 2.47. The van der Waals surface area contributed by atoms with Gasteiger partial charge in [-0.1, -0.05) is 20.3 Å². The molecule has 2 amide bonds. The number of carbonyl (C=O) groups is 2. The molecule has 0 spiro atoms. The SMILES string of the molecule is CC1(C)CCCC1NC(=O)NC(CCO)C(=O)O. The monoisotopic (exact) mass is 258 g/mol. The Kier molecular flexibility index (Phi) is 4.95. The second kappa shape index (κ2) is 6.04. The number of nitrogens with one attached hydrogen (secondary N) is 2. The van der Waals surface area contributed by atoms with Gasteiger partial charge in [0.15, 0.2) is 0 Å². The molecular weight excluding hydrogens is 236 g/mol. The van der Waals surface area contributed by atoms with Crippen LogP contribution in [0.15, 0.2) is 0 Å². The summed E-state index contributed by atoms with van der Waals surface area (Å²) in [5.74, 6) is -1.13. The fourth-order valence-corrected chi connectivity index (χ4v) is 2.34. The third-order valence-corrected chi connectivity index (χ3v) is 3.58. The van der Waals surface area contributed by atoms with E-state index in [0.717, 1.165) is 19.3 Å². The van der Waals surface area contributed by atoms with Gasteiger partial charge in [0.1, 0.15) is 6.04 Å². The molecule has 1 aliphatic carbocycles. The van der Waals surface area contributed by atoms with Gasteiger partial charge in [-0.25, -0.2) is 9.59 Å². The highest BCUT2D eigenvalue weighted by atomic mass is 16.4. The van der Waals surface area contributed by atoms with Gasteiger partial charge in [0.25, 0.3) is 0 Å². The Bertz CT molecular complexity index is 317. The first-order chi connectivity index (χ1) is 8.36. The number of urea groups is 1. The molecule has 0 aromatic carbocycles. The standard InChI is InChI=1S/C12H22N2O4/c1-12(2)6-3-4-9(12)14-11(18)13-8(5-7-15)10(16)17/h8-9,15H,3-7H2,1-2H3,(H,16,17)(H2,13,14,18). The Hall–Kier alpha value is -1.30. The van der Waals surface area contributed by atoms with E-state index < -0.39 is 18.0 Å². The van der Waals surface area contributed by atoms with Crippen LogP contribution in [0, 0.1) is 5.41 Å². The van der Waals surface area contributed by atoms with Crippen LogP contribution in [0.4, 0.5) is 4.79 Å². The zero-order valence-electron chi connectivity index (χ0n) is 10.9. The maximum atomic E-state index is 11.7. The Morgan fingerprint density at radius 2 is 2.11 bits per heavy atom. The van der Waals surface area contributed by atoms with Gasteiger partial charge in [0.05, 0.1) is 0 Å². The van der Waals surface area contributed by atoms with E-state index in [1.807, 2.05) is 0 Å². The molecule has 1 rings (SSSR count). The predicted molar refractivity (Wildman–Crippen MR) is 66.2 cm³/mol. The molecule has 104 valence electrons. The molecule has 1 aliphatic rings. The van der Waals surface area contributed by atoms with Crippen LogP contribution in [-0.4, -0.2) is 40.9 Å². The van der Waals surface area contributed by atoms with E-state index in [1.165, 1.54) is 0 Å². The summed E-state index contributed by atoms with van der Waals surface area (Å²) in [7, 11) is 0. The van der Waals surface area contributed by atoms with Gasteiger partial charge in [-0.05, 0) is 18.3 Å². The van der Waals surface area contributed by atoms with E-state index in [9.17, 15) is 9.59 Å². The molecule has 0 heterocycles. The van der Waals surface area contributed by atoms with E-state index in [-0.39, 0.29) is 24.5 Å². The molecule has 0 aromatic heterocycles. The lowest BCUT2D eigenvalue weighted by atomic mass is 9.87. The largest absolute Gasteiger partial charge is 0.480 e. The number of rotatable bonds is 5. The number of carbonyl (C=O) groups excluding carboxylic acids is 1. The summed E-state index contributed by atoms with van der Waals surface area (Å²) in [6.45, 7) is 3.91. The second-order valence-corrected chi connectivity index (χ2v) is 5.45. The summed E-state index contributed by atoms with van der Waals surface area (Å²) >= 11 is 0. The van der Waals surface area contributed by atoms with Gasteiger partial charge in [-0.3, -0.25) is 0 Å². The maximum absolute atomic E-state index is 11.7. The van der Waals surface area contributed by atoms with Gasteiger partial charge in [-0.2, -0.15) is 0 Å². The first-order valence-electron chi connectivity index (χ1n) is 6.27. The zero-order valence-corrected chi connectivity index (χ0v) is 10.9. The van der Waals surface area contributed by atoms with Gasteiger partial charge < -0.3 is 20.8 Å². The van der Waals surface area contributed by atoms with Gasteiger partial charge in [0.2, 0.25) is 0 Å². The molecule has 0 saturated heterocycles. The minimum absolute atomic E-state index is 0.0107. The normalized spacial score (nSPS) is 23.4. The molecule has 0 bridgehead atoms. The van der Waals surface area contributed by atoms with Gasteiger partial charge >= 0.3 is 12.0 Å². The van der Waals surface area contributed by atoms with E-state index in [2.05, 4.69) is 24.5 Å². The van der Waals surface area contributed by atoms with Crippen molar-refractivity contribution in [2.45, 2.75) is 51.6 Å². The molecule has 4 N–H and O–H groups in total. The number of hydrogen-bond acceptors (Lipinski definition) is 3. The summed E-state index contributed by atoms with van der Waals surface area (Å²) in [4.78, 5) is 22.5. The molecule has 0 aliphatic heterocycles. The van der Waals surface area contributed by atoms with E-state index in [0.29, 0.717) is 0 Å². The average molecular weight is 258 g/mol. The average Bonchev–Trinajstić information content (AvgIpc) is 2.57. The molecular formula is C12H22N2O4. The van der Waals surface area contributed by atoms with Crippen molar-refractivity contribution in [1.29, 1.82) is 0 Å². The van der Waals surface area contributed by atoms with Crippen LogP contribution >= 0.6 is 0 Å². The maximum Gasteiger partial charge on any atom is 0.326 e. The first kappa shape index (κ1) is 14.8. The Labute approximate surface area is 107 Å².